The van der Waals surface area contributed by atoms with Gasteiger partial charge in [0.15, 0.2) is 6.10 Å². The molecule has 1 aromatic rings. The van der Waals surface area contributed by atoms with Crippen molar-refractivity contribution in [2.75, 3.05) is 13.1 Å². The number of nitrogens with one attached hydrogen (secondary N) is 1. The minimum atomic E-state index is -3.67. The van der Waals surface area contributed by atoms with Crippen LogP contribution < -0.4 is 11.1 Å². The lowest BCUT2D eigenvalue weighted by Crippen LogP contribution is -2.42. The second-order valence-electron chi connectivity index (χ2n) is 5.54. The number of urea groups is 1. The van der Waals surface area contributed by atoms with Crippen LogP contribution in [0.15, 0.2) is 29.2 Å². The van der Waals surface area contributed by atoms with Crippen molar-refractivity contribution in [3.63, 3.8) is 0 Å². The maximum atomic E-state index is 12.5. The zero-order valence-corrected chi connectivity index (χ0v) is 14.4. The van der Waals surface area contributed by atoms with Gasteiger partial charge < -0.3 is 10.5 Å². The van der Waals surface area contributed by atoms with Crippen LogP contribution in [-0.2, 0) is 19.6 Å². The average molecular weight is 369 g/mol. The van der Waals surface area contributed by atoms with Gasteiger partial charge in [-0.3, -0.25) is 10.1 Å². The zero-order valence-electron chi connectivity index (χ0n) is 13.6. The highest BCUT2D eigenvalue weighted by molar-refractivity contribution is 7.89. The van der Waals surface area contributed by atoms with Gasteiger partial charge in [-0.1, -0.05) is 6.07 Å². The first-order chi connectivity index (χ1) is 11.7. The normalized spacial score (nSPS) is 16.2. The molecule has 1 fully saturated rings. The summed E-state index contributed by atoms with van der Waals surface area (Å²) in [7, 11) is -3.67. The number of hydrogen-bond acceptors (Lipinski definition) is 6. The van der Waals surface area contributed by atoms with Crippen LogP contribution in [0.1, 0.15) is 30.1 Å². The highest BCUT2D eigenvalue weighted by Gasteiger charge is 2.28. The number of benzene rings is 1. The van der Waals surface area contributed by atoms with Gasteiger partial charge in [-0.2, -0.15) is 4.31 Å². The molecule has 3 amide bonds. The zero-order chi connectivity index (χ0) is 18.6. The topological polar surface area (TPSA) is 136 Å². The molecule has 0 saturated carbocycles. The van der Waals surface area contributed by atoms with Gasteiger partial charge in [-0.25, -0.2) is 18.0 Å². The molecule has 0 aromatic heterocycles. The van der Waals surface area contributed by atoms with Gasteiger partial charge in [0.2, 0.25) is 10.0 Å². The summed E-state index contributed by atoms with van der Waals surface area (Å²) in [5.41, 5.74) is 4.80. The number of amides is 3. The molecule has 1 aliphatic heterocycles. The number of carbonyl (C=O) groups excluding carboxylic acids is 3. The minimum absolute atomic E-state index is 0.0148. The number of nitrogens with zero attached hydrogens (tertiary/aromatic N) is 1. The molecule has 1 saturated heterocycles. The lowest BCUT2D eigenvalue weighted by molar-refractivity contribution is -0.127. The highest BCUT2D eigenvalue weighted by Crippen LogP contribution is 2.22. The standard InChI is InChI=1S/C15H19N3O6S/c1-10(13(19)17-15(16)21)24-14(20)11-5-4-6-12(9-11)25(22,23)18-7-2-3-8-18/h4-6,9-10H,2-3,7-8H2,1H3,(H3,16,17,19,21). The molecule has 0 aliphatic carbocycles. The molecule has 3 N–H and O–H groups in total. The van der Waals surface area contributed by atoms with Gasteiger partial charge in [-0.15, -0.1) is 0 Å². The summed E-state index contributed by atoms with van der Waals surface area (Å²) in [5.74, 6) is -1.76. The van der Waals surface area contributed by atoms with Gasteiger partial charge in [0, 0.05) is 13.1 Å². The third-order valence-electron chi connectivity index (χ3n) is 3.67. The van der Waals surface area contributed by atoms with Crippen LogP contribution >= 0.6 is 0 Å². The number of hydrogen-bond donors (Lipinski definition) is 2. The van der Waals surface area contributed by atoms with Crippen LogP contribution in [0.3, 0.4) is 0 Å². The monoisotopic (exact) mass is 369 g/mol. The van der Waals surface area contributed by atoms with E-state index in [0.29, 0.717) is 13.1 Å². The van der Waals surface area contributed by atoms with Crippen LogP contribution in [0.5, 0.6) is 0 Å². The number of esters is 1. The average Bonchev–Trinajstić information content (AvgIpc) is 3.09. The van der Waals surface area contributed by atoms with Crippen molar-refractivity contribution in [3.05, 3.63) is 29.8 Å². The third kappa shape index (κ3) is 4.54. The van der Waals surface area contributed by atoms with Crippen molar-refractivity contribution in [1.82, 2.24) is 9.62 Å². The lowest BCUT2D eigenvalue weighted by atomic mass is 10.2. The Bertz CT molecular complexity index is 786. The molecule has 1 heterocycles. The molecule has 9 nitrogen and oxygen atoms in total. The molecule has 1 aliphatic rings. The molecule has 136 valence electrons. The summed E-state index contributed by atoms with van der Waals surface area (Å²) in [4.78, 5) is 34.3. The fourth-order valence-electron chi connectivity index (χ4n) is 2.37. The number of imide groups is 1. The molecule has 1 unspecified atom stereocenters. The minimum Gasteiger partial charge on any atom is -0.449 e. The fraction of sp³-hybridized carbons (Fsp3) is 0.400. The Morgan fingerprint density at radius 1 is 1.24 bits per heavy atom. The van der Waals surface area contributed by atoms with Crippen LogP contribution in [-0.4, -0.2) is 49.8 Å². The Morgan fingerprint density at radius 2 is 1.88 bits per heavy atom. The smallest absolute Gasteiger partial charge is 0.338 e. The number of primary amides is 1. The van der Waals surface area contributed by atoms with Crippen molar-refractivity contribution in [1.29, 1.82) is 0 Å². The van der Waals surface area contributed by atoms with E-state index in [9.17, 15) is 22.8 Å². The summed E-state index contributed by atoms with van der Waals surface area (Å²) in [6.07, 6.45) is 0.333. The van der Waals surface area contributed by atoms with E-state index in [-0.39, 0.29) is 10.5 Å². The van der Waals surface area contributed by atoms with E-state index in [0.717, 1.165) is 12.8 Å². The van der Waals surface area contributed by atoms with E-state index in [1.807, 2.05) is 0 Å². The Kier molecular flexibility index (Phi) is 5.75. The first-order valence-corrected chi connectivity index (χ1v) is 9.07. The molecule has 2 rings (SSSR count). The van der Waals surface area contributed by atoms with Crippen molar-refractivity contribution in [2.24, 2.45) is 5.73 Å². The van der Waals surface area contributed by atoms with Gasteiger partial charge in [0.25, 0.3) is 5.91 Å². The first kappa shape index (κ1) is 18.9. The Balaban J connectivity index is 2.14. The maximum absolute atomic E-state index is 12.5. The highest BCUT2D eigenvalue weighted by atomic mass is 32.2. The molecule has 0 spiro atoms. The van der Waals surface area contributed by atoms with Crippen LogP contribution in [0, 0.1) is 0 Å². The van der Waals surface area contributed by atoms with Crippen LogP contribution in [0.25, 0.3) is 0 Å². The van der Waals surface area contributed by atoms with E-state index in [1.54, 1.807) is 5.32 Å². The first-order valence-electron chi connectivity index (χ1n) is 7.63. The van der Waals surface area contributed by atoms with Crippen molar-refractivity contribution in [2.45, 2.75) is 30.8 Å². The van der Waals surface area contributed by atoms with Gasteiger partial charge in [0.1, 0.15) is 0 Å². The number of nitrogens with two attached hydrogens (primary N) is 1. The summed E-state index contributed by atoms with van der Waals surface area (Å²) in [6, 6.07) is 4.34. The molecule has 10 heteroatoms. The lowest BCUT2D eigenvalue weighted by Gasteiger charge is -2.16. The predicted octanol–water partition coefficient (Wildman–Crippen LogP) is 0.211. The molecule has 0 radical (unpaired) electrons. The molecule has 0 bridgehead atoms. The van der Waals surface area contributed by atoms with Crippen LogP contribution in [0.2, 0.25) is 0 Å². The van der Waals surface area contributed by atoms with E-state index < -0.39 is 34.0 Å². The van der Waals surface area contributed by atoms with E-state index in [4.69, 9.17) is 10.5 Å². The summed E-state index contributed by atoms with van der Waals surface area (Å²) in [6.45, 7) is 2.16. The fourth-order valence-corrected chi connectivity index (χ4v) is 3.93. The van der Waals surface area contributed by atoms with E-state index in [1.165, 1.54) is 35.5 Å². The number of rotatable bonds is 5. The van der Waals surface area contributed by atoms with Crippen LogP contribution in [0.4, 0.5) is 4.79 Å². The Hall–Kier alpha value is -2.46. The molecular formula is C15H19N3O6S. The molecule has 1 atom stereocenters. The number of ether oxygens (including phenoxy) is 1. The van der Waals surface area contributed by atoms with Gasteiger partial charge >= 0.3 is 12.0 Å². The SMILES string of the molecule is CC(OC(=O)c1cccc(S(=O)(=O)N2CCCC2)c1)C(=O)NC(N)=O. The second kappa shape index (κ2) is 7.62. The number of carbonyl (C=O) groups is 3. The Labute approximate surface area is 145 Å². The maximum Gasteiger partial charge on any atom is 0.338 e. The summed E-state index contributed by atoms with van der Waals surface area (Å²) >= 11 is 0. The van der Waals surface area contributed by atoms with Crippen molar-refractivity contribution >= 4 is 27.9 Å². The van der Waals surface area contributed by atoms with Gasteiger partial charge in [0.05, 0.1) is 10.5 Å². The molecule has 1 aromatic carbocycles. The molecule has 25 heavy (non-hydrogen) atoms. The van der Waals surface area contributed by atoms with E-state index >= 15 is 0 Å². The van der Waals surface area contributed by atoms with Crippen molar-refractivity contribution < 1.29 is 27.5 Å². The van der Waals surface area contributed by atoms with Gasteiger partial charge in [-0.05, 0) is 38.0 Å². The predicted molar refractivity (Wildman–Crippen MR) is 87.0 cm³/mol. The molecular weight excluding hydrogens is 350 g/mol. The second-order valence-corrected chi connectivity index (χ2v) is 7.48. The quantitative estimate of drug-likeness (QED) is 0.712. The third-order valence-corrected chi connectivity index (χ3v) is 5.57. The summed E-state index contributed by atoms with van der Waals surface area (Å²) in [5, 5.41) is 1.79. The van der Waals surface area contributed by atoms with E-state index in [2.05, 4.69) is 0 Å². The van der Waals surface area contributed by atoms with Crippen molar-refractivity contribution in [3.8, 4) is 0 Å². The largest absolute Gasteiger partial charge is 0.449 e. The summed E-state index contributed by atoms with van der Waals surface area (Å²) < 4.78 is 31.3. The Morgan fingerprint density at radius 3 is 2.48 bits per heavy atom. The number of sulfonamides is 1.